The predicted octanol–water partition coefficient (Wildman–Crippen LogP) is 5.78. The van der Waals surface area contributed by atoms with Crippen molar-refractivity contribution in [3.05, 3.63) is 108 Å². The van der Waals surface area contributed by atoms with E-state index in [0.29, 0.717) is 33.1 Å². The van der Waals surface area contributed by atoms with Gasteiger partial charge in [-0.25, -0.2) is 8.42 Å². The molecule has 0 heterocycles. The number of anilines is 1. The zero-order valence-electron chi connectivity index (χ0n) is 17.4. The van der Waals surface area contributed by atoms with E-state index in [1.807, 2.05) is 30.3 Å². The maximum absolute atomic E-state index is 13.2. The summed E-state index contributed by atoms with van der Waals surface area (Å²) in [5.74, 6) is -0.391. The largest absolute Gasteiger partial charge is 0.322 e. The third kappa shape index (κ3) is 5.22. The Kier molecular flexibility index (Phi) is 7.08. The minimum Gasteiger partial charge on any atom is -0.322 e. The van der Waals surface area contributed by atoms with Crippen LogP contribution in [0.5, 0.6) is 0 Å². The molecular weight excluding hydrogens is 444 g/mol. The molecule has 0 saturated heterocycles. The molecule has 162 valence electrons. The molecule has 0 aliphatic heterocycles. The molecule has 0 aliphatic carbocycles. The number of aliphatic imine (C=N–C) groups is 1. The Balaban J connectivity index is 2.04. The van der Waals surface area contributed by atoms with E-state index >= 15 is 0 Å². The number of sulfone groups is 1. The molecule has 0 atom stereocenters. The van der Waals surface area contributed by atoms with Crippen LogP contribution in [0.2, 0.25) is 5.02 Å². The Bertz CT molecular complexity index is 1330. The molecule has 0 spiro atoms. The SMILES string of the molecule is C=CN=C(C=C)c1cc(NC(=O)c2ccc(S(C)(=O)=O)cc2-c2ccccc2)ccc1Cl. The average Bonchev–Trinajstić information content (AvgIpc) is 2.78. The van der Waals surface area contributed by atoms with Gasteiger partial charge in [0.15, 0.2) is 9.84 Å². The Morgan fingerprint density at radius 1 is 1.00 bits per heavy atom. The highest BCUT2D eigenvalue weighted by atomic mass is 35.5. The molecular formula is C25H21ClN2O3S. The molecule has 32 heavy (non-hydrogen) atoms. The fourth-order valence-electron chi connectivity index (χ4n) is 3.14. The van der Waals surface area contributed by atoms with E-state index in [-0.39, 0.29) is 4.90 Å². The fourth-order valence-corrected chi connectivity index (χ4v) is 4.00. The summed E-state index contributed by atoms with van der Waals surface area (Å²) < 4.78 is 24.1. The molecule has 3 rings (SSSR count). The number of amides is 1. The van der Waals surface area contributed by atoms with Crippen molar-refractivity contribution in [3.8, 4) is 11.1 Å². The highest BCUT2D eigenvalue weighted by Crippen LogP contribution is 2.28. The predicted molar refractivity (Wildman–Crippen MR) is 131 cm³/mol. The van der Waals surface area contributed by atoms with Crippen LogP contribution in [0, 0.1) is 0 Å². The van der Waals surface area contributed by atoms with Gasteiger partial charge in [0.2, 0.25) is 0 Å². The van der Waals surface area contributed by atoms with Crippen molar-refractivity contribution >= 4 is 38.7 Å². The molecule has 0 radical (unpaired) electrons. The van der Waals surface area contributed by atoms with Crippen LogP contribution in [0.3, 0.4) is 0 Å². The number of nitrogens with zero attached hydrogens (tertiary/aromatic N) is 1. The Morgan fingerprint density at radius 3 is 2.34 bits per heavy atom. The molecule has 5 nitrogen and oxygen atoms in total. The number of hydrogen-bond donors (Lipinski definition) is 1. The van der Waals surface area contributed by atoms with Gasteiger partial charge in [-0.05, 0) is 53.6 Å². The molecule has 1 amide bonds. The lowest BCUT2D eigenvalue weighted by molar-refractivity contribution is 0.102. The van der Waals surface area contributed by atoms with E-state index in [9.17, 15) is 13.2 Å². The van der Waals surface area contributed by atoms with Crippen LogP contribution in [0.1, 0.15) is 15.9 Å². The summed E-state index contributed by atoms with van der Waals surface area (Å²) in [5.41, 5.74) is 3.19. The topological polar surface area (TPSA) is 75.6 Å². The molecule has 0 saturated carbocycles. The van der Waals surface area contributed by atoms with E-state index < -0.39 is 15.7 Å². The van der Waals surface area contributed by atoms with Gasteiger partial charge in [-0.1, -0.05) is 55.1 Å². The molecule has 7 heteroatoms. The van der Waals surface area contributed by atoms with Crippen LogP contribution < -0.4 is 5.32 Å². The molecule has 0 bridgehead atoms. The number of benzene rings is 3. The van der Waals surface area contributed by atoms with Crippen LogP contribution >= 0.6 is 11.6 Å². The van der Waals surface area contributed by atoms with E-state index in [1.165, 1.54) is 24.4 Å². The summed E-state index contributed by atoms with van der Waals surface area (Å²) in [7, 11) is -3.44. The van der Waals surface area contributed by atoms with Gasteiger partial charge in [0.1, 0.15) is 0 Å². The third-order valence-corrected chi connectivity index (χ3v) is 6.11. The molecule has 0 aliphatic rings. The van der Waals surface area contributed by atoms with Gasteiger partial charge < -0.3 is 5.32 Å². The lowest BCUT2D eigenvalue weighted by Crippen LogP contribution is -2.14. The summed E-state index contributed by atoms with van der Waals surface area (Å²) in [4.78, 5) is 17.5. The number of nitrogens with one attached hydrogen (secondary N) is 1. The third-order valence-electron chi connectivity index (χ3n) is 4.67. The lowest BCUT2D eigenvalue weighted by atomic mass is 9.99. The molecule has 1 N–H and O–H groups in total. The molecule has 0 aromatic heterocycles. The van der Waals surface area contributed by atoms with Gasteiger partial charge in [-0.3, -0.25) is 9.79 Å². The summed E-state index contributed by atoms with van der Waals surface area (Å²) >= 11 is 6.29. The number of allylic oxidation sites excluding steroid dienone is 1. The second-order valence-corrected chi connectivity index (χ2v) is 9.32. The van der Waals surface area contributed by atoms with Crippen molar-refractivity contribution in [3.63, 3.8) is 0 Å². The maximum atomic E-state index is 13.2. The monoisotopic (exact) mass is 464 g/mol. The summed E-state index contributed by atoms with van der Waals surface area (Å²) in [5, 5.41) is 3.30. The first-order valence-corrected chi connectivity index (χ1v) is 11.8. The van der Waals surface area contributed by atoms with Gasteiger partial charge in [0, 0.05) is 29.3 Å². The summed E-state index contributed by atoms with van der Waals surface area (Å²) in [6, 6.07) is 18.6. The standard InChI is InChI=1S/C25H21ClN2O3S/c1-4-24(27-5-2)22-15-18(11-14-23(22)26)28-25(29)20-13-12-19(32(3,30)31)16-21(20)17-9-7-6-8-10-17/h4-16H,1-2H2,3H3,(H,28,29). The first kappa shape index (κ1) is 23.2. The second-order valence-electron chi connectivity index (χ2n) is 6.90. The number of hydrogen-bond acceptors (Lipinski definition) is 4. The fraction of sp³-hybridized carbons (Fsp3) is 0.0400. The normalized spacial score (nSPS) is 11.6. The van der Waals surface area contributed by atoms with Crippen LogP contribution in [0.25, 0.3) is 11.1 Å². The quantitative estimate of drug-likeness (QED) is 0.450. The van der Waals surface area contributed by atoms with Gasteiger partial charge in [-0.2, -0.15) is 0 Å². The van der Waals surface area contributed by atoms with E-state index in [2.05, 4.69) is 23.5 Å². The first-order valence-electron chi connectivity index (χ1n) is 9.56. The van der Waals surface area contributed by atoms with Crippen LogP contribution in [-0.2, 0) is 9.84 Å². The second kappa shape index (κ2) is 9.77. The lowest BCUT2D eigenvalue weighted by Gasteiger charge is -2.13. The van der Waals surface area contributed by atoms with Crippen LogP contribution in [0.15, 0.2) is 102 Å². The number of carbonyl (C=O) groups is 1. The smallest absolute Gasteiger partial charge is 0.256 e. The summed E-state index contributed by atoms with van der Waals surface area (Å²) in [6.07, 6.45) is 4.06. The van der Waals surface area contributed by atoms with Crippen molar-refractivity contribution in [1.82, 2.24) is 0 Å². The van der Waals surface area contributed by atoms with Crippen LogP contribution in [-0.4, -0.2) is 26.3 Å². The zero-order valence-corrected chi connectivity index (χ0v) is 19.0. The molecule has 3 aromatic carbocycles. The van der Waals surface area contributed by atoms with Crippen molar-refractivity contribution < 1.29 is 13.2 Å². The average molecular weight is 465 g/mol. The van der Waals surface area contributed by atoms with Crippen molar-refractivity contribution in [2.24, 2.45) is 4.99 Å². The highest BCUT2D eigenvalue weighted by molar-refractivity contribution is 7.90. The van der Waals surface area contributed by atoms with Gasteiger partial charge in [0.25, 0.3) is 5.91 Å². The van der Waals surface area contributed by atoms with E-state index in [4.69, 9.17) is 11.6 Å². The summed E-state index contributed by atoms with van der Waals surface area (Å²) in [6.45, 7) is 7.32. The maximum Gasteiger partial charge on any atom is 0.256 e. The molecule has 0 unspecified atom stereocenters. The van der Waals surface area contributed by atoms with Crippen molar-refractivity contribution in [1.29, 1.82) is 0 Å². The van der Waals surface area contributed by atoms with Gasteiger partial charge in [-0.15, -0.1) is 0 Å². The Morgan fingerprint density at radius 2 is 1.72 bits per heavy atom. The minimum atomic E-state index is -3.44. The van der Waals surface area contributed by atoms with Crippen LogP contribution in [0.4, 0.5) is 5.69 Å². The highest BCUT2D eigenvalue weighted by Gasteiger charge is 2.18. The zero-order chi connectivity index (χ0) is 23.3. The minimum absolute atomic E-state index is 0.137. The first-order chi connectivity index (χ1) is 15.2. The Hall–Kier alpha value is -3.48. The van der Waals surface area contributed by atoms with E-state index in [1.54, 1.807) is 24.3 Å². The molecule has 3 aromatic rings. The molecule has 0 fully saturated rings. The number of rotatable bonds is 7. The number of halogens is 1. The van der Waals surface area contributed by atoms with Gasteiger partial charge in [0.05, 0.1) is 15.6 Å². The van der Waals surface area contributed by atoms with E-state index in [0.717, 1.165) is 11.8 Å². The Labute approximate surface area is 192 Å². The number of carbonyl (C=O) groups excluding carboxylic acids is 1. The van der Waals surface area contributed by atoms with Gasteiger partial charge >= 0.3 is 0 Å². The van der Waals surface area contributed by atoms with Crippen molar-refractivity contribution in [2.45, 2.75) is 4.90 Å². The van der Waals surface area contributed by atoms with Crippen molar-refractivity contribution in [2.75, 3.05) is 11.6 Å².